The van der Waals surface area contributed by atoms with E-state index in [2.05, 4.69) is 34.1 Å². The van der Waals surface area contributed by atoms with Crippen molar-refractivity contribution in [2.24, 2.45) is 11.1 Å². The molecule has 0 spiro atoms. The van der Waals surface area contributed by atoms with E-state index in [0.29, 0.717) is 11.6 Å². The van der Waals surface area contributed by atoms with Crippen LogP contribution in [0.1, 0.15) is 19.3 Å². The molecular weight excluding hydrogens is 334 g/mol. The topological polar surface area (TPSA) is 35.2 Å². The van der Waals surface area contributed by atoms with Crippen molar-refractivity contribution in [1.82, 2.24) is 0 Å². The first-order valence-electron chi connectivity index (χ1n) is 6.68. The van der Waals surface area contributed by atoms with Gasteiger partial charge in [0.15, 0.2) is 0 Å². The molecule has 1 fully saturated rings. The SMILES string of the molecule is NC(=S)CC1(COc2ccc3ccccc3c2Br)CC1. The highest BCUT2D eigenvalue weighted by molar-refractivity contribution is 9.10. The fourth-order valence-corrected chi connectivity index (χ4v) is 3.39. The number of thiocarbonyl (C=S) groups is 1. The second kappa shape index (κ2) is 5.34. The van der Waals surface area contributed by atoms with Crippen molar-refractivity contribution < 1.29 is 4.74 Å². The summed E-state index contributed by atoms with van der Waals surface area (Å²) in [6.07, 6.45) is 3.08. The van der Waals surface area contributed by atoms with Crippen molar-refractivity contribution in [3.05, 3.63) is 40.9 Å². The minimum absolute atomic E-state index is 0.177. The predicted octanol–water partition coefficient (Wildman–Crippen LogP) is 4.44. The Balaban J connectivity index is 1.78. The summed E-state index contributed by atoms with van der Waals surface area (Å²) in [7, 11) is 0. The van der Waals surface area contributed by atoms with Crippen LogP contribution in [-0.2, 0) is 0 Å². The van der Waals surface area contributed by atoms with Crippen LogP contribution in [0.2, 0.25) is 0 Å². The third kappa shape index (κ3) is 2.81. The zero-order valence-corrected chi connectivity index (χ0v) is 13.5. The highest BCUT2D eigenvalue weighted by atomic mass is 79.9. The van der Waals surface area contributed by atoms with Crippen LogP contribution in [0.3, 0.4) is 0 Å². The molecule has 2 aromatic carbocycles. The van der Waals surface area contributed by atoms with Crippen LogP contribution < -0.4 is 10.5 Å². The number of nitrogens with two attached hydrogens (primary N) is 1. The largest absolute Gasteiger partial charge is 0.492 e. The molecule has 0 heterocycles. The lowest BCUT2D eigenvalue weighted by atomic mass is 10.0. The highest BCUT2D eigenvalue weighted by Crippen LogP contribution is 2.49. The van der Waals surface area contributed by atoms with Gasteiger partial charge in [0.2, 0.25) is 0 Å². The van der Waals surface area contributed by atoms with Gasteiger partial charge in [0.1, 0.15) is 5.75 Å². The Kier molecular flexibility index (Phi) is 3.69. The average Bonchev–Trinajstić information content (AvgIpc) is 3.17. The van der Waals surface area contributed by atoms with E-state index < -0.39 is 0 Å². The number of hydrogen-bond acceptors (Lipinski definition) is 2. The predicted molar refractivity (Wildman–Crippen MR) is 90.2 cm³/mol. The molecule has 1 saturated carbocycles. The third-order valence-electron chi connectivity index (χ3n) is 3.87. The molecule has 0 unspecified atom stereocenters. The van der Waals surface area contributed by atoms with Crippen LogP contribution in [0.5, 0.6) is 5.75 Å². The zero-order valence-electron chi connectivity index (χ0n) is 11.1. The van der Waals surface area contributed by atoms with Crippen molar-refractivity contribution in [2.75, 3.05) is 6.61 Å². The van der Waals surface area contributed by atoms with E-state index in [9.17, 15) is 0 Å². The Bertz CT molecular complexity index is 667. The molecule has 20 heavy (non-hydrogen) atoms. The van der Waals surface area contributed by atoms with Crippen LogP contribution >= 0.6 is 28.1 Å². The maximum absolute atomic E-state index is 6.01. The molecule has 0 bridgehead atoms. The van der Waals surface area contributed by atoms with E-state index in [1.807, 2.05) is 18.2 Å². The summed E-state index contributed by atoms with van der Waals surface area (Å²) in [5.41, 5.74) is 5.84. The van der Waals surface area contributed by atoms with Gasteiger partial charge in [-0.15, -0.1) is 0 Å². The first-order chi connectivity index (χ1) is 9.60. The standard InChI is InChI=1S/C16H16BrNOS/c17-15-12-4-2-1-3-11(12)5-6-13(15)19-10-16(7-8-16)9-14(18)20/h1-6H,7-10H2,(H2,18,20). The van der Waals surface area contributed by atoms with Gasteiger partial charge < -0.3 is 10.5 Å². The van der Waals surface area contributed by atoms with E-state index in [0.717, 1.165) is 29.5 Å². The van der Waals surface area contributed by atoms with Crippen molar-refractivity contribution >= 4 is 43.9 Å². The summed E-state index contributed by atoms with van der Waals surface area (Å²) in [6.45, 7) is 0.682. The van der Waals surface area contributed by atoms with Gasteiger partial charge in [-0.1, -0.05) is 42.5 Å². The Labute approximate surface area is 132 Å². The van der Waals surface area contributed by atoms with E-state index in [4.69, 9.17) is 22.7 Å². The number of rotatable bonds is 5. The molecule has 0 aromatic heterocycles. The lowest BCUT2D eigenvalue weighted by molar-refractivity contribution is 0.238. The number of hydrogen-bond donors (Lipinski definition) is 1. The Morgan fingerprint density at radius 3 is 2.70 bits per heavy atom. The minimum atomic E-state index is 0.177. The van der Waals surface area contributed by atoms with E-state index in [-0.39, 0.29) is 5.41 Å². The molecule has 0 aliphatic heterocycles. The maximum atomic E-state index is 6.01. The first kappa shape index (κ1) is 13.8. The quantitative estimate of drug-likeness (QED) is 0.810. The monoisotopic (exact) mass is 349 g/mol. The molecule has 0 atom stereocenters. The molecular formula is C16H16BrNOS. The lowest BCUT2D eigenvalue weighted by Gasteiger charge is -2.17. The van der Waals surface area contributed by atoms with E-state index in [1.54, 1.807) is 0 Å². The van der Waals surface area contributed by atoms with Crippen LogP contribution in [0.4, 0.5) is 0 Å². The summed E-state index contributed by atoms with van der Waals surface area (Å²) in [5, 5.41) is 2.38. The molecule has 2 nitrogen and oxygen atoms in total. The van der Waals surface area contributed by atoms with Gasteiger partial charge >= 0.3 is 0 Å². The van der Waals surface area contributed by atoms with Crippen molar-refractivity contribution in [3.63, 3.8) is 0 Å². The second-order valence-corrected chi connectivity index (χ2v) is 6.85. The van der Waals surface area contributed by atoms with Gasteiger partial charge in [-0.2, -0.15) is 0 Å². The van der Waals surface area contributed by atoms with Crippen LogP contribution in [0.25, 0.3) is 10.8 Å². The highest BCUT2D eigenvalue weighted by Gasteiger charge is 2.43. The Morgan fingerprint density at radius 1 is 1.25 bits per heavy atom. The van der Waals surface area contributed by atoms with Gasteiger partial charge in [0, 0.05) is 11.8 Å². The van der Waals surface area contributed by atoms with Gasteiger partial charge in [-0.05, 0) is 45.6 Å². The van der Waals surface area contributed by atoms with Crippen LogP contribution in [0, 0.1) is 5.41 Å². The fourth-order valence-electron chi connectivity index (χ4n) is 2.47. The van der Waals surface area contributed by atoms with Crippen LogP contribution in [-0.4, -0.2) is 11.6 Å². The maximum Gasteiger partial charge on any atom is 0.134 e. The zero-order chi connectivity index (χ0) is 14.2. The molecule has 1 aliphatic carbocycles. The smallest absolute Gasteiger partial charge is 0.134 e. The van der Waals surface area contributed by atoms with E-state index in [1.165, 1.54) is 10.8 Å². The Hall–Kier alpha value is -1.13. The summed E-state index contributed by atoms with van der Waals surface area (Å²) >= 11 is 8.66. The molecule has 2 N–H and O–H groups in total. The van der Waals surface area contributed by atoms with Crippen molar-refractivity contribution in [2.45, 2.75) is 19.3 Å². The minimum Gasteiger partial charge on any atom is -0.492 e. The fraction of sp³-hybridized carbons (Fsp3) is 0.312. The summed E-state index contributed by atoms with van der Waals surface area (Å²) < 4.78 is 7.03. The lowest BCUT2D eigenvalue weighted by Crippen LogP contribution is -2.21. The molecule has 0 radical (unpaired) electrons. The first-order valence-corrected chi connectivity index (χ1v) is 7.88. The van der Waals surface area contributed by atoms with Crippen molar-refractivity contribution in [3.8, 4) is 5.75 Å². The summed E-state index contributed by atoms with van der Waals surface area (Å²) in [5.74, 6) is 0.887. The Morgan fingerprint density at radius 2 is 2.00 bits per heavy atom. The van der Waals surface area contributed by atoms with Gasteiger partial charge in [-0.3, -0.25) is 0 Å². The number of fused-ring (bicyclic) bond motifs is 1. The number of benzene rings is 2. The molecule has 4 heteroatoms. The van der Waals surface area contributed by atoms with Gasteiger partial charge in [-0.25, -0.2) is 0 Å². The normalized spacial score (nSPS) is 16.1. The molecule has 2 aromatic rings. The number of halogens is 1. The van der Waals surface area contributed by atoms with Crippen molar-refractivity contribution in [1.29, 1.82) is 0 Å². The summed E-state index contributed by atoms with van der Waals surface area (Å²) in [6, 6.07) is 12.4. The average molecular weight is 350 g/mol. The summed E-state index contributed by atoms with van der Waals surface area (Å²) in [4.78, 5) is 0.587. The molecule has 0 amide bonds. The molecule has 0 saturated heterocycles. The molecule has 1 aliphatic rings. The molecule has 3 rings (SSSR count). The van der Waals surface area contributed by atoms with Gasteiger partial charge in [0.25, 0.3) is 0 Å². The van der Waals surface area contributed by atoms with E-state index >= 15 is 0 Å². The molecule has 104 valence electrons. The number of ether oxygens (including phenoxy) is 1. The van der Waals surface area contributed by atoms with Crippen LogP contribution in [0.15, 0.2) is 40.9 Å². The second-order valence-electron chi connectivity index (χ2n) is 5.53. The van der Waals surface area contributed by atoms with Gasteiger partial charge in [0.05, 0.1) is 16.1 Å². The third-order valence-corrected chi connectivity index (χ3v) is 4.83.